The Balaban J connectivity index is 1.82. The van der Waals surface area contributed by atoms with Gasteiger partial charge in [-0.05, 0) is 68.8 Å². The topological polar surface area (TPSA) is 63.1 Å². The summed E-state index contributed by atoms with van der Waals surface area (Å²) < 4.78 is 15.1. The van der Waals surface area contributed by atoms with E-state index in [1.165, 1.54) is 12.1 Å². The Morgan fingerprint density at radius 2 is 1.72 bits per heavy atom. The van der Waals surface area contributed by atoms with Crippen LogP contribution in [-0.4, -0.2) is 22.9 Å². The Kier molecular flexibility index (Phi) is 6.12. The number of halogens is 1. The fourth-order valence-electron chi connectivity index (χ4n) is 3.26. The molecular weight excluding hydrogens is 369 g/mol. The SMILES string of the molecule is CCCNC(=O)c1cccc(NC(=O)c2cc(C)n(-c3ccc(F)cc3)c2C)c1. The third-order valence-corrected chi connectivity index (χ3v) is 4.68. The van der Waals surface area contributed by atoms with Crippen LogP contribution < -0.4 is 10.6 Å². The van der Waals surface area contributed by atoms with Crippen molar-refractivity contribution in [3.05, 3.63) is 82.9 Å². The van der Waals surface area contributed by atoms with Crippen LogP contribution in [0, 0.1) is 19.7 Å². The van der Waals surface area contributed by atoms with Crippen molar-refractivity contribution in [2.75, 3.05) is 11.9 Å². The van der Waals surface area contributed by atoms with E-state index in [2.05, 4.69) is 10.6 Å². The molecule has 6 heteroatoms. The van der Waals surface area contributed by atoms with Crippen molar-refractivity contribution in [3.8, 4) is 5.69 Å². The number of rotatable bonds is 6. The lowest BCUT2D eigenvalue weighted by molar-refractivity contribution is 0.0952. The van der Waals surface area contributed by atoms with Gasteiger partial charge >= 0.3 is 0 Å². The summed E-state index contributed by atoms with van der Waals surface area (Å²) in [5.74, 6) is -0.743. The Morgan fingerprint density at radius 3 is 2.41 bits per heavy atom. The number of nitrogens with zero attached hydrogens (tertiary/aromatic N) is 1. The summed E-state index contributed by atoms with van der Waals surface area (Å²) in [5, 5.41) is 5.68. The van der Waals surface area contributed by atoms with Crippen molar-refractivity contribution < 1.29 is 14.0 Å². The third-order valence-electron chi connectivity index (χ3n) is 4.68. The molecule has 3 rings (SSSR count). The first-order chi connectivity index (χ1) is 13.9. The van der Waals surface area contributed by atoms with Gasteiger partial charge in [0.05, 0.1) is 5.56 Å². The van der Waals surface area contributed by atoms with Crippen LogP contribution in [0.1, 0.15) is 45.4 Å². The molecule has 1 heterocycles. The lowest BCUT2D eigenvalue weighted by atomic mass is 10.1. The van der Waals surface area contributed by atoms with E-state index in [0.29, 0.717) is 23.4 Å². The molecule has 0 saturated heterocycles. The van der Waals surface area contributed by atoms with Crippen LogP contribution in [-0.2, 0) is 0 Å². The highest BCUT2D eigenvalue weighted by Gasteiger charge is 2.17. The summed E-state index contributed by atoms with van der Waals surface area (Å²) in [5.41, 5.74) is 3.97. The summed E-state index contributed by atoms with van der Waals surface area (Å²) in [6.07, 6.45) is 0.853. The molecule has 1 aromatic heterocycles. The summed E-state index contributed by atoms with van der Waals surface area (Å²) in [7, 11) is 0. The molecule has 0 aliphatic heterocycles. The highest BCUT2D eigenvalue weighted by Crippen LogP contribution is 2.22. The van der Waals surface area contributed by atoms with Crippen molar-refractivity contribution >= 4 is 17.5 Å². The Morgan fingerprint density at radius 1 is 1.00 bits per heavy atom. The Hall–Kier alpha value is -3.41. The fourth-order valence-corrected chi connectivity index (χ4v) is 3.26. The number of nitrogens with one attached hydrogen (secondary N) is 2. The number of aryl methyl sites for hydroxylation is 1. The average molecular weight is 393 g/mol. The van der Waals surface area contributed by atoms with E-state index >= 15 is 0 Å². The molecular formula is C23H24FN3O2. The van der Waals surface area contributed by atoms with Crippen LogP contribution in [0.15, 0.2) is 54.6 Å². The highest BCUT2D eigenvalue weighted by molar-refractivity contribution is 6.06. The van der Waals surface area contributed by atoms with Gasteiger partial charge in [-0.2, -0.15) is 0 Å². The predicted octanol–water partition coefficient (Wildman–Crippen LogP) is 4.63. The fraction of sp³-hybridized carbons (Fsp3) is 0.217. The van der Waals surface area contributed by atoms with Gasteiger partial charge in [-0.15, -0.1) is 0 Å². The average Bonchev–Trinajstić information content (AvgIpc) is 3.01. The standard InChI is InChI=1S/C23H24FN3O2/c1-4-12-25-22(28)17-6-5-7-19(14-17)26-23(29)21-13-15(2)27(16(21)3)20-10-8-18(24)9-11-20/h5-11,13-14H,4,12H2,1-3H3,(H,25,28)(H,26,29). The maximum Gasteiger partial charge on any atom is 0.257 e. The van der Waals surface area contributed by atoms with Gasteiger partial charge in [-0.25, -0.2) is 4.39 Å². The molecule has 0 saturated carbocycles. The predicted molar refractivity (Wildman–Crippen MR) is 112 cm³/mol. The molecule has 2 N–H and O–H groups in total. The molecule has 5 nitrogen and oxygen atoms in total. The molecule has 0 aliphatic rings. The number of hydrogen-bond donors (Lipinski definition) is 2. The number of benzene rings is 2. The number of hydrogen-bond acceptors (Lipinski definition) is 2. The maximum atomic E-state index is 13.2. The summed E-state index contributed by atoms with van der Waals surface area (Å²) in [6, 6.07) is 14.8. The first kappa shape index (κ1) is 20.3. The number of amides is 2. The lowest BCUT2D eigenvalue weighted by Crippen LogP contribution is -2.24. The third kappa shape index (κ3) is 4.54. The molecule has 0 bridgehead atoms. The second-order valence-electron chi connectivity index (χ2n) is 6.89. The molecule has 3 aromatic rings. The quantitative estimate of drug-likeness (QED) is 0.642. The van der Waals surface area contributed by atoms with Gasteiger partial charge in [0, 0.05) is 34.9 Å². The number of carbonyl (C=O) groups excluding carboxylic acids is 2. The van der Waals surface area contributed by atoms with Crippen LogP contribution in [0.4, 0.5) is 10.1 Å². The highest BCUT2D eigenvalue weighted by atomic mass is 19.1. The first-order valence-electron chi connectivity index (χ1n) is 9.55. The molecule has 150 valence electrons. The van der Waals surface area contributed by atoms with Crippen molar-refractivity contribution in [2.45, 2.75) is 27.2 Å². The van der Waals surface area contributed by atoms with E-state index in [4.69, 9.17) is 0 Å². The van der Waals surface area contributed by atoms with Crippen LogP contribution in [0.25, 0.3) is 5.69 Å². The largest absolute Gasteiger partial charge is 0.352 e. The molecule has 2 amide bonds. The van der Waals surface area contributed by atoms with E-state index in [1.54, 1.807) is 42.5 Å². The van der Waals surface area contributed by atoms with Gasteiger partial charge in [0.2, 0.25) is 0 Å². The second-order valence-corrected chi connectivity index (χ2v) is 6.89. The minimum absolute atomic E-state index is 0.169. The summed E-state index contributed by atoms with van der Waals surface area (Å²) in [6.45, 7) is 6.33. The summed E-state index contributed by atoms with van der Waals surface area (Å²) in [4.78, 5) is 25.0. The molecule has 0 atom stereocenters. The number of carbonyl (C=O) groups is 2. The minimum Gasteiger partial charge on any atom is -0.352 e. The molecule has 0 spiro atoms. The van der Waals surface area contributed by atoms with E-state index in [0.717, 1.165) is 23.5 Å². The van der Waals surface area contributed by atoms with Gasteiger partial charge in [-0.3, -0.25) is 9.59 Å². The van der Waals surface area contributed by atoms with Crippen LogP contribution in [0.3, 0.4) is 0 Å². The van der Waals surface area contributed by atoms with E-state index in [1.807, 2.05) is 25.3 Å². The van der Waals surface area contributed by atoms with Gasteiger partial charge in [0.15, 0.2) is 0 Å². The van der Waals surface area contributed by atoms with E-state index < -0.39 is 0 Å². The zero-order chi connectivity index (χ0) is 21.0. The monoisotopic (exact) mass is 393 g/mol. The van der Waals surface area contributed by atoms with Crippen LogP contribution in [0.5, 0.6) is 0 Å². The van der Waals surface area contributed by atoms with Crippen molar-refractivity contribution in [1.29, 1.82) is 0 Å². The zero-order valence-electron chi connectivity index (χ0n) is 16.8. The molecule has 0 radical (unpaired) electrons. The van der Waals surface area contributed by atoms with E-state index in [-0.39, 0.29) is 17.6 Å². The van der Waals surface area contributed by atoms with Gasteiger partial charge in [-0.1, -0.05) is 13.0 Å². The normalized spacial score (nSPS) is 10.6. The molecule has 0 aliphatic carbocycles. The maximum absolute atomic E-state index is 13.2. The van der Waals surface area contributed by atoms with Gasteiger partial charge in [0.25, 0.3) is 11.8 Å². The van der Waals surface area contributed by atoms with E-state index in [9.17, 15) is 14.0 Å². The number of anilines is 1. The Labute approximate surface area is 169 Å². The van der Waals surface area contributed by atoms with Crippen molar-refractivity contribution in [2.24, 2.45) is 0 Å². The molecule has 2 aromatic carbocycles. The molecule has 0 fully saturated rings. The lowest BCUT2D eigenvalue weighted by Gasteiger charge is -2.10. The van der Waals surface area contributed by atoms with Crippen molar-refractivity contribution in [1.82, 2.24) is 9.88 Å². The van der Waals surface area contributed by atoms with Crippen LogP contribution >= 0.6 is 0 Å². The summed E-state index contributed by atoms with van der Waals surface area (Å²) >= 11 is 0. The second kappa shape index (κ2) is 8.73. The number of aromatic nitrogens is 1. The van der Waals surface area contributed by atoms with Crippen molar-refractivity contribution in [3.63, 3.8) is 0 Å². The zero-order valence-corrected chi connectivity index (χ0v) is 16.8. The minimum atomic E-state index is -0.308. The van der Waals surface area contributed by atoms with Gasteiger partial charge < -0.3 is 15.2 Å². The molecule has 0 unspecified atom stereocenters. The Bertz CT molecular complexity index is 1040. The smallest absolute Gasteiger partial charge is 0.257 e. The molecule has 29 heavy (non-hydrogen) atoms. The van der Waals surface area contributed by atoms with Crippen LogP contribution in [0.2, 0.25) is 0 Å². The van der Waals surface area contributed by atoms with Gasteiger partial charge in [0.1, 0.15) is 5.82 Å². The first-order valence-corrected chi connectivity index (χ1v) is 9.55.